The smallest absolute Gasteiger partial charge is 0.268 e. The molecule has 0 aliphatic carbocycles. The van der Waals surface area contributed by atoms with Gasteiger partial charge >= 0.3 is 0 Å². The summed E-state index contributed by atoms with van der Waals surface area (Å²) in [6, 6.07) is 12.6. The number of nitrogens with zero attached hydrogens (tertiary/aromatic N) is 1. The second-order valence-electron chi connectivity index (χ2n) is 5.47. The molecule has 3 nitrogen and oxygen atoms in total. The Hall–Kier alpha value is -2.11. The molecule has 1 aliphatic rings. The van der Waals surface area contributed by atoms with Crippen LogP contribution in [0.25, 0.3) is 5.57 Å². The summed E-state index contributed by atoms with van der Waals surface area (Å²) < 4.78 is 13.1. The molecule has 2 aromatic rings. The van der Waals surface area contributed by atoms with E-state index in [4.69, 9.17) is 11.6 Å². The average molecular weight is 376 g/mol. The van der Waals surface area contributed by atoms with Gasteiger partial charge in [-0.05, 0) is 41.1 Å². The molecule has 0 fully saturated rings. The zero-order chi connectivity index (χ0) is 18.0. The summed E-state index contributed by atoms with van der Waals surface area (Å²) in [4.78, 5) is 27.3. The molecule has 2 amide bonds. The summed E-state index contributed by atoms with van der Waals surface area (Å²) in [7, 11) is 0. The van der Waals surface area contributed by atoms with Gasteiger partial charge in [0.05, 0.1) is 17.0 Å². The number of rotatable bonds is 5. The van der Waals surface area contributed by atoms with Crippen molar-refractivity contribution in [2.24, 2.45) is 0 Å². The van der Waals surface area contributed by atoms with E-state index < -0.39 is 0 Å². The predicted molar refractivity (Wildman–Crippen MR) is 98.5 cm³/mol. The second kappa shape index (κ2) is 7.42. The van der Waals surface area contributed by atoms with Gasteiger partial charge in [0.15, 0.2) is 0 Å². The van der Waals surface area contributed by atoms with Gasteiger partial charge in [-0.25, -0.2) is 4.39 Å². The van der Waals surface area contributed by atoms with Gasteiger partial charge in [-0.3, -0.25) is 14.5 Å². The van der Waals surface area contributed by atoms with E-state index in [1.165, 1.54) is 28.8 Å². The quantitative estimate of drug-likeness (QED) is 0.721. The lowest BCUT2D eigenvalue weighted by Gasteiger charge is -2.15. The highest BCUT2D eigenvalue weighted by Gasteiger charge is 2.38. The molecule has 25 heavy (non-hydrogen) atoms. The van der Waals surface area contributed by atoms with Gasteiger partial charge in [-0.15, -0.1) is 11.8 Å². The summed E-state index contributed by atoms with van der Waals surface area (Å²) in [5.74, 6) is -0.334. The molecular formula is C19H15ClFNO2S. The summed E-state index contributed by atoms with van der Waals surface area (Å²) >= 11 is 7.26. The van der Waals surface area contributed by atoms with Crippen LogP contribution in [0.15, 0.2) is 53.4 Å². The third-order valence-electron chi connectivity index (χ3n) is 3.80. The zero-order valence-corrected chi connectivity index (χ0v) is 15.0. The highest BCUT2D eigenvalue weighted by molar-refractivity contribution is 8.04. The molecule has 6 heteroatoms. The van der Waals surface area contributed by atoms with Gasteiger partial charge in [0, 0.05) is 5.02 Å². The van der Waals surface area contributed by atoms with Crippen molar-refractivity contribution in [3.63, 3.8) is 0 Å². The largest absolute Gasteiger partial charge is 0.269 e. The Morgan fingerprint density at radius 2 is 1.64 bits per heavy atom. The minimum Gasteiger partial charge on any atom is -0.269 e. The number of imide groups is 1. The predicted octanol–water partition coefficient (Wildman–Crippen LogP) is 4.51. The second-order valence-corrected chi connectivity index (χ2v) is 7.18. The number of hydrogen-bond donors (Lipinski definition) is 0. The fourth-order valence-corrected chi connectivity index (χ4v) is 3.62. The molecule has 3 rings (SSSR count). The van der Waals surface area contributed by atoms with Crippen LogP contribution >= 0.6 is 23.4 Å². The van der Waals surface area contributed by atoms with E-state index in [1.807, 2.05) is 6.92 Å². The summed E-state index contributed by atoms with van der Waals surface area (Å²) in [6.45, 7) is 2.04. The van der Waals surface area contributed by atoms with Crippen molar-refractivity contribution in [1.82, 2.24) is 4.90 Å². The van der Waals surface area contributed by atoms with Gasteiger partial charge in [0.2, 0.25) is 0 Å². The van der Waals surface area contributed by atoms with Gasteiger partial charge in [-0.1, -0.05) is 42.8 Å². The molecule has 2 aromatic carbocycles. The van der Waals surface area contributed by atoms with Crippen molar-refractivity contribution in [2.75, 3.05) is 5.75 Å². The first-order valence-electron chi connectivity index (χ1n) is 7.75. The van der Waals surface area contributed by atoms with E-state index in [0.717, 1.165) is 0 Å². The Morgan fingerprint density at radius 1 is 1.00 bits per heavy atom. The van der Waals surface area contributed by atoms with Crippen molar-refractivity contribution < 1.29 is 14.0 Å². The summed E-state index contributed by atoms with van der Waals surface area (Å²) in [5, 5.41) is 0.564. The van der Waals surface area contributed by atoms with Crippen LogP contribution in [0.4, 0.5) is 4.39 Å². The normalized spacial score (nSPS) is 14.6. The fourth-order valence-electron chi connectivity index (χ4n) is 2.62. The third-order valence-corrected chi connectivity index (χ3v) is 5.01. The van der Waals surface area contributed by atoms with Crippen molar-refractivity contribution in [1.29, 1.82) is 0 Å². The van der Waals surface area contributed by atoms with Gasteiger partial charge in [0.1, 0.15) is 5.82 Å². The molecule has 0 saturated heterocycles. The van der Waals surface area contributed by atoms with Crippen molar-refractivity contribution in [3.8, 4) is 0 Å². The van der Waals surface area contributed by atoms with Crippen LogP contribution in [0.1, 0.15) is 18.1 Å². The van der Waals surface area contributed by atoms with Crippen LogP contribution in [0.3, 0.4) is 0 Å². The van der Waals surface area contributed by atoms with Crippen molar-refractivity contribution in [2.45, 2.75) is 13.5 Å². The topological polar surface area (TPSA) is 37.4 Å². The van der Waals surface area contributed by atoms with Crippen LogP contribution in [-0.2, 0) is 16.1 Å². The highest BCUT2D eigenvalue weighted by Crippen LogP contribution is 2.36. The molecule has 0 atom stereocenters. The molecule has 0 radical (unpaired) electrons. The number of carbonyl (C=O) groups excluding carboxylic acids is 2. The Kier molecular flexibility index (Phi) is 5.25. The zero-order valence-electron chi connectivity index (χ0n) is 13.5. The maximum atomic E-state index is 13.1. The number of amides is 2. The monoisotopic (exact) mass is 375 g/mol. The van der Waals surface area contributed by atoms with Crippen molar-refractivity contribution in [3.05, 3.63) is 75.4 Å². The maximum absolute atomic E-state index is 13.1. The van der Waals surface area contributed by atoms with E-state index in [9.17, 15) is 14.0 Å². The van der Waals surface area contributed by atoms with Gasteiger partial charge < -0.3 is 0 Å². The molecule has 0 unspecified atom stereocenters. The van der Waals surface area contributed by atoms with Crippen LogP contribution < -0.4 is 0 Å². The minimum absolute atomic E-state index is 0.114. The minimum atomic E-state index is -0.356. The first-order valence-corrected chi connectivity index (χ1v) is 9.11. The molecule has 1 aliphatic heterocycles. The number of hydrogen-bond acceptors (Lipinski definition) is 3. The molecule has 0 spiro atoms. The van der Waals surface area contributed by atoms with E-state index in [0.29, 0.717) is 32.4 Å². The lowest BCUT2D eigenvalue weighted by atomic mass is 10.1. The number of halogens is 2. The third kappa shape index (κ3) is 3.62. The lowest BCUT2D eigenvalue weighted by molar-refractivity contribution is -0.137. The van der Waals surface area contributed by atoms with Gasteiger partial charge in [0.25, 0.3) is 11.8 Å². The Labute approximate surface area is 154 Å². The van der Waals surface area contributed by atoms with E-state index >= 15 is 0 Å². The number of thioether (sulfide) groups is 1. The SMILES string of the molecule is CCSC1=C(c2ccc(Cl)cc2)C(=O)N(Cc2ccc(F)cc2)C1=O. The van der Waals surface area contributed by atoms with Crippen LogP contribution in [0, 0.1) is 5.82 Å². The molecule has 128 valence electrons. The Morgan fingerprint density at radius 3 is 2.24 bits per heavy atom. The molecule has 0 bridgehead atoms. The van der Waals surface area contributed by atoms with Crippen LogP contribution in [-0.4, -0.2) is 22.5 Å². The fraction of sp³-hybridized carbons (Fsp3) is 0.158. The molecular weight excluding hydrogens is 361 g/mol. The summed E-state index contributed by atoms with van der Waals surface area (Å²) in [6.07, 6.45) is 0. The summed E-state index contributed by atoms with van der Waals surface area (Å²) in [5.41, 5.74) is 1.76. The van der Waals surface area contributed by atoms with E-state index in [-0.39, 0.29) is 24.2 Å². The van der Waals surface area contributed by atoms with Crippen molar-refractivity contribution >= 4 is 40.8 Å². The van der Waals surface area contributed by atoms with Crippen LogP contribution in [0.5, 0.6) is 0 Å². The molecule has 0 saturated carbocycles. The van der Waals surface area contributed by atoms with Gasteiger partial charge in [-0.2, -0.15) is 0 Å². The highest BCUT2D eigenvalue weighted by atomic mass is 35.5. The first-order chi connectivity index (χ1) is 12.0. The average Bonchev–Trinajstić information content (AvgIpc) is 2.83. The van der Waals surface area contributed by atoms with E-state index in [2.05, 4.69) is 0 Å². The molecule has 0 aromatic heterocycles. The number of carbonyl (C=O) groups is 2. The Bertz CT molecular complexity index is 847. The maximum Gasteiger partial charge on any atom is 0.268 e. The molecule has 0 N–H and O–H groups in total. The Balaban J connectivity index is 1.95. The van der Waals surface area contributed by atoms with Crippen LogP contribution in [0.2, 0.25) is 5.02 Å². The standard InChI is InChI=1S/C19H15ClFNO2S/c1-2-25-17-16(13-5-7-14(20)8-6-13)18(23)22(19(17)24)11-12-3-9-15(21)10-4-12/h3-10H,2,11H2,1H3. The lowest BCUT2D eigenvalue weighted by Crippen LogP contribution is -2.30. The molecule has 1 heterocycles. The van der Waals surface area contributed by atoms with E-state index in [1.54, 1.807) is 36.4 Å². The first kappa shape index (κ1) is 17.7. The number of benzene rings is 2.